The molecule has 2 aliphatic rings. The monoisotopic (exact) mass is 452 g/mol. The third kappa shape index (κ3) is 7.44. The van der Waals surface area contributed by atoms with Crippen LogP contribution in [0.3, 0.4) is 0 Å². The molecule has 1 atom stereocenters. The van der Waals surface area contributed by atoms with Crippen molar-refractivity contribution in [3.63, 3.8) is 0 Å². The van der Waals surface area contributed by atoms with Gasteiger partial charge < -0.3 is 15.0 Å². The second-order valence-electron chi connectivity index (χ2n) is 7.94. The van der Waals surface area contributed by atoms with Crippen LogP contribution in [0.1, 0.15) is 47.0 Å². The Morgan fingerprint density at radius 3 is 2.54 bits per heavy atom. The van der Waals surface area contributed by atoms with Gasteiger partial charge in [-0.15, -0.1) is 24.0 Å². The van der Waals surface area contributed by atoms with Gasteiger partial charge in [0.05, 0.1) is 13.2 Å². The third-order valence-electron chi connectivity index (χ3n) is 4.71. The van der Waals surface area contributed by atoms with E-state index in [4.69, 9.17) is 9.73 Å². The van der Waals surface area contributed by atoms with Gasteiger partial charge in [-0.2, -0.15) is 0 Å². The van der Waals surface area contributed by atoms with Gasteiger partial charge in [-0.25, -0.2) is 0 Å². The maximum absolute atomic E-state index is 5.47. The predicted molar refractivity (Wildman–Crippen MR) is 112 cm³/mol. The molecule has 6 heteroatoms. The van der Waals surface area contributed by atoms with Gasteiger partial charge in [0.1, 0.15) is 0 Å². The second-order valence-corrected chi connectivity index (χ2v) is 7.94. The molecule has 2 saturated heterocycles. The molecule has 0 aromatic carbocycles. The number of rotatable bonds is 5. The molecular formula is C18H37IN4O. The fourth-order valence-corrected chi connectivity index (χ4v) is 3.40. The molecule has 0 saturated carbocycles. The zero-order valence-corrected chi connectivity index (χ0v) is 18.3. The molecule has 0 amide bonds. The molecule has 2 aliphatic heterocycles. The Morgan fingerprint density at radius 2 is 1.92 bits per heavy atom. The Labute approximate surface area is 165 Å². The van der Waals surface area contributed by atoms with E-state index in [9.17, 15) is 0 Å². The van der Waals surface area contributed by atoms with Crippen molar-refractivity contribution in [2.24, 2.45) is 10.4 Å². The number of nitrogens with one attached hydrogen (secondary N) is 1. The van der Waals surface area contributed by atoms with E-state index in [1.165, 1.54) is 19.3 Å². The maximum Gasteiger partial charge on any atom is 0.193 e. The van der Waals surface area contributed by atoms with Crippen LogP contribution in [0.5, 0.6) is 0 Å². The van der Waals surface area contributed by atoms with Crippen molar-refractivity contribution in [2.45, 2.75) is 53.0 Å². The standard InChI is InChI=1S/C18H36N4O.HI/c1-5-19-17(20-9-6-8-18(2,3)4)22-10-7-16(15-22)21-11-13-23-14-12-21;/h16H,5-15H2,1-4H3,(H,19,20);1H. The minimum absolute atomic E-state index is 0. The zero-order chi connectivity index (χ0) is 16.7. The topological polar surface area (TPSA) is 40.1 Å². The highest BCUT2D eigenvalue weighted by atomic mass is 127. The molecule has 1 N–H and O–H groups in total. The Kier molecular flexibility index (Phi) is 9.89. The zero-order valence-electron chi connectivity index (χ0n) is 16.0. The summed E-state index contributed by atoms with van der Waals surface area (Å²) in [5.41, 5.74) is 0.406. The first-order valence-corrected chi connectivity index (χ1v) is 9.34. The first-order chi connectivity index (χ1) is 11.0. The van der Waals surface area contributed by atoms with Crippen LogP contribution < -0.4 is 5.32 Å². The van der Waals surface area contributed by atoms with Gasteiger partial charge in [0, 0.05) is 45.3 Å². The summed E-state index contributed by atoms with van der Waals surface area (Å²) in [5.74, 6) is 1.11. The highest BCUT2D eigenvalue weighted by molar-refractivity contribution is 14.0. The van der Waals surface area contributed by atoms with Gasteiger partial charge in [-0.1, -0.05) is 20.8 Å². The van der Waals surface area contributed by atoms with Crippen molar-refractivity contribution >= 4 is 29.9 Å². The van der Waals surface area contributed by atoms with Crippen LogP contribution in [0, 0.1) is 5.41 Å². The van der Waals surface area contributed by atoms with Crippen LogP contribution in [0.2, 0.25) is 0 Å². The number of hydrogen-bond donors (Lipinski definition) is 1. The number of ether oxygens (including phenoxy) is 1. The molecular weight excluding hydrogens is 415 g/mol. The predicted octanol–water partition coefficient (Wildman–Crippen LogP) is 2.80. The smallest absolute Gasteiger partial charge is 0.193 e. The minimum atomic E-state index is 0. The van der Waals surface area contributed by atoms with Crippen LogP contribution in [0.25, 0.3) is 0 Å². The summed E-state index contributed by atoms with van der Waals surface area (Å²) >= 11 is 0. The van der Waals surface area contributed by atoms with Crippen LogP contribution in [-0.2, 0) is 4.74 Å². The molecule has 1 unspecified atom stereocenters. The van der Waals surface area contributed by atoms with E-state index < -0.39 is 0 Å². The van der Waals surface area contributed by atoms with Crippen LogP contribution in [-0.4, -0.2) is 74.3 Å². The number of morpholine rings is 1. The third-order valence-corrected chi connectivity index (χ3v) is 4.71. The van der Waals surface area contributed by atoms with Gasteiger partial charge in [-0.3, -0.25) is 9.89 Å². The molecule has 0 aromatic rings. The quantitative estimate of drug-likeness (QED) is 0.302. The van der Waals surface area contributed by atoms with E-state index >= 15 is 0 Å². The van der Waals surface area contributed by atoms with Gasteiger partial charge in [0.15, 0.2) is 5.96 Å². The normalized spacial score (nSPS) is 23.2. The van der Waals surface area contributed by atoms with Crippen molar-refractivity contribution in [1.82, 2.24) is 15.1 Å². The molecule has 5 nitrogen and oxygen atoms in total. The lowest BCUT2D eigenvalue weighted by Crippen LogP contribution is -2.46. The number of aliphatic imine (C=N–C) groups is 1. The molecule has 142 valence electrons. The molecule has 0 bridgehead atoms. The number of likely N-dealkylation sites (tertiary alicyclic amines) is 1. The molecule has 0 aromatic heterocycles. The second kappa shape index (κ2) is 10.8. The van der Waals surface area contributed by atoms with Crippen molar-refractivity contribution in [3.05, 3.63) is 0 Å². The molecule has 2 heterocycles. The summed E-state index contributed by atoms with van der Waals surface area (Å²) in [7, 11) is 0. The van der Waals surface area contributed by atoms with Crippen LogP contribution in [0.4, 0.5) is 0 Å². The van der Waals surface area contributed by atoms with Gasteiger partial charge in [0.2, 0.25) is 0 Å². The first kappa shape index (κ1) is 22.0. The average Bonchev–Trinajstić information content (AvgIpc) is 3.00. The molecule has 0 spiro atoms. The van der Waals surface area contributed by atoms with Gasteiger partial charge in [-0.05, 0) is 31.6 Å². The molecule has 0 radical (unpaired) electrons. The van der Waals surface area contributed by atoms with E-state index in [0.717, 1.165) is 58.4 Å². The lowest BCUT2D eigenvalue weighted by atomic mass is 9.91. The maximum atomic E-state index is 5.47. The Morgan fingerprint density at radius 1 is 1.21 bits per heavy atom. The average molecular weight is 452 g/mol. The fourth-order valence-electron chi connectivity index (χ4n) is 3.40. The Balaban J connectivity index is 0.00000288. The Bertz CT molecular complexity index is 378. The highest BCUT2D eigenvalue weighted by Gasteiger charge is 2.30. The van der Waals surface area contributed by atoms with E-state index in [0.29, 0.717) is 11.5 Å². The summed E-state index contributed by atoms with van der Waals surface area (Å²) < 4.78 is 5.47. The molecule has 2 rings (SSSR count). The summed E-state index contributed by atoms with van der Waals surface area (Å²) in [6, 6.07) is 0.664. The molecule has 0 aliphatic carbocycles. The largest absolute Gasteiger partial charge is 0.379 e. The van der Waals surface area contributed by atoms with Gasteiger partial charge in [0.25, 0.3) is 0 Å². The van der Waals surface area contributed by atoms with E-state index in [1.54, 1.807) is 0 Å². The van der Waals surface area contributed by atoms with E-state index in [-0.39, 0.29) is 24.0 Å². The van der Waals surface area contributed by atoms with E-state index in [2.05, 4.69) is 42.8 Å². The summed E-state index contributed by atoms with van der Waals surface area (Å²) in [4.78, 5) is 9.90. The van der Waals surface area contributed by atoms with Crippen molar-refractivity contribution in [1.29, 1.82) is 0 Å². The summed E-state index contributed by atoms with van der Waals surface area (Å²) in [6.45, 7) is 17.1. The SMILES string of the molecule is CCNC(=NCCCC(C)(C)C)N1CCC(N2CCOCC2)C1.I. The summed E-state index contributed by atoms with van der Waals surface area (Å²) in [6.07, 6.45) is 3.64. The lowest BCUT2D eigenvalue weighted by Gasteiger charge is -2.32. The van der Waals surface area contributed by atoms with Crippen molar-refractivity contribution < 1.29 is 4.74 Å². The Hall–Kier alpha value is -0.0800. The number of guanidine groups is 1. The highest BCUT2D eigenvalue weighted by Crippen LogP contribution is 2.20. The van der Waals surface area contributed by atoms with Crippen molar-refractivity contribution in [2.75, 3.05) is 52.5 Å². The van der Waals surface area contributed by atoms with Crippen LogP contribution in [0.15, 0.2) is 4.99 Å². The number of hydrogen-bond acceptors (Lipinski definition) is 3. The fraction of sp³-hybridized carbons (Fsp3) is 0.944. The lowest BCUT2D eigenvalue weighted by molar-refractivity contribution is 0.0195. The van der Waals surface area contributed by atoms with Crippen LogP contribution >= 0.6 is 24.0 Å². The number of halogens is 1. The summed E-state index contributed by atoms with van der Waals surface area (Å²) in [5, 5.41) is 3.48. The minimum Gasteiger partial charge on any atom is -0.379 e. The number of nitrogens with zero attached hydrogens (tertiary/aromatic N) is 3. The van der Waals surface area contributed by atoms with Gasteiger partial charge >= 0.3 is 0 Å². The van der Waals surface area contributed by atoms with E-state index in [1.807, 2.05) is 0 Å². The first-order valence-electron chi connectivity index (χ1n) is 9.34. The van der Waals surface area contributed by atoms with Crippen molar-refractivity contribution in [3.8, 4) is 0 Å². The molecule has 2 fully saturated rings. The molecule has 24 heavy (non-hydrogen) atoms.